The molecule has 1 heterocycles. The summed E-state index contributed by atoms with van der Waals surface area (Å²) in [5, 5.41) is 5.79. The van der Waals surface area contributed by atoms with Crippen molar-refractivity contribution >= 4 is 17.8 Å². The summed E-state index contributed by atoms with van der Waals surface area (Å²) in [6.45, 7) is 15.1. The molecule has 8 nitrogen and oxygen atoms in total. The largest absolute Gasteiger partial charge is 0.466 e. The number of unbranched alkanes of at least 4 members (excludes halogenated alkanes) is 7. The second kappa shape index (κ2) is 17.8. The molecule has 0 spiro atoms. The Balaban J connectivity index is 2.18. The van der Waals surface area contributed by atoms with E-state index in [-0.39, 0.29) is 43.3 Å². The summed E-state index contributed by atoms with van der Waals surface area (Å²) in [4.78, 5) is 37.3. The van der Waals surface area contributed by atoms with Crippen LogP contribution in [0, 0.1) is 17.3 Å². The van der Waals surface area contributed by atoms with Crippen LogP contribution < -0.4 is 10.6 Å². The number of carbonyl (C=O) groups is 3. The summed E-state index contributed by atoms with van der Waals surface area (Å²) in [6.07, 6.45) is 11.0. The first kappa shape index (κ1) is 34.4. The molecule has 1 aliphatic heterocycles. The van der Waals surface area contributed by atoms with E-state index in [2.05, 4.69) is 31.4 Å². The number of nitrogens with one attached hydrogen (secondary N) is 2. The fraction of sp³-hybridized carbons (Fsp3) is 0.900. The minimum atomic E-state index is -0.825. The lowest BCUT2D eigenvalue weighted by atomic mass is 9.85. The molecule has 0 saturated carbocycles. The molecule has 2 N–H and O–H groups in total. The molecule has 222 valence electrons. The highest BCUT2D eigenvalue weighted by molar-refractivity contribution is 5.82. The number of hydrogen-bond donors (Lipinski definition) is 2. The molecule has 0 aromatic heterocycles. The summed E-state index contributed by atoms with van der Waals surface area (Å²) in [6, 6.07) is 0. The molecule has 8 heteroatoms. The summed E-state index contributed by atoms with van der Waals surface area (Å²) in [7, 11) is 0. The Morgan fingerprint density at radius 1 is 0.895 bits per heavy atom. The maximum absolute atomic E-state index is 12.7. The van der Waals surface area contributed by atoms with Gasteiger partial charge in [0.25, 0.3) is 0 Å². The highest BCUT2D eigenvalue weighted by Gasteiger charge is 2.45. The van der Waals surface area contributed by atoms with Gasteiger partial charge in [0.15, 0.2) is 5.79 Å². The molecule has 1 rings (SSSR count). The maximum atomic E-state index is 12.7. The highest BCUT2D eigenvalue weighted by Crippen LogP contribution is 2.34. The highest BCUT2D eigenvalue weighted by atomic mass is 16.7. The van der Waals surface area contributed by atoms with Gasteiger partial charge >= 0.3 is 5.97 Å². The third kappa shape index (κ3) is 13.9. The predicted octanol–water partition coefficient (Wildman–Crippen LogP) is 5.52. The zero-order valence-corrected chi connectivity index (χ0v) is 25.3. The minimum Gasteiger partial charge on any atom is -0.466 e. The molecule has 0 radical (unpaired) electrons. The number of hydrogen-bond acceptors (Lipinski definition) is 6. The monoisotopic (exact) mass is 540 g/mol. The van der Waals surface area contributed by atoms with E-state index in [4.69, 9.17) is 14.2 Å². The van der Waals surface area contributed by atoms with E-state index in [1.165, 1.54) is 44.9 Å². The van der Waals surface area contributed by atoms with Crippen molar-refractivity contribution in [2.45, 2.75) is 131 Å². The second-order valence-corrected chi connectivity index (χ2v) is 12.2. The van der Waals surface area contributed by atoms with Crippen molar-refractivity contribution in [3.8, 4) is 0 Å². The zero-order chi connectivity index (χ0) is 28.6. The van der Waals surface area contributed by atoms with Crippen LogP contribution in [0.15, 0.2) is 0 Å². The van der Waals surface area contributed by atoms with E-state index < -0.39 is 17.3 Å². The Bertz CT molecular complexity index is 707. The molecule has 0 aromatic carbocycles. The van der Waals surface area contributed by atoms with Crippen LogP contribution in [-0.2, 0) is 28.6 Å². The lowest BCUT2D eigenvalue weighted by Crippen LogP contribution is -2.56. The Morgan fingerprint density at radius 2 is 1.53 bits per heavy atom. The first-order valence-electron chi connectivity index (χ1n) is 14.9. The summed E-state index contributed by atoms with van der Waals surface area (Å²) in [5.41, 5.74) is -0.465. The number of amides is 2. The Kier molecular flexibility index (Phi) is 16.1. The summed E-state index contributed by atoms with van der Waals surface area (Å²) in [5.74, 6) is -1.03. The third-order valence-electron chi connectivity index (χ3n) is 7.16. The van der Waals surface area contributed by atoms with Gasteiger partial charge in [0.1, 0.15) is 6.10 Å². The van der Waals surface area contributed by atoms with Crippen LogP contribution in [0.2, 0.25) is 0 Å². The van der Waals surface area contributed by atoms with Gasteiger partial charge in [-0.05, 0) is 32.6 Å². The van der Waals surface area contributed by atoms with Crippen LogP contribution in [0.5, 0.6) is 0 Å². The average molecular weight is 541 g/mol. The van der Waals surface area contributed by atoms with Crippen LogP contribution in [0.3, 0.4) is 0 Å². The van der Waals surface area contributed by atoms with E-state index in [0.717, 1.165) is 12.8 Å². The van der Waals surface area contributed by atoms with Crippen LogP contribution in [0.4, 0.5) is 0 Å². The molecule has 1 aliphatic rings. The molecular weight excluding hydrogens is 484 g/mol. The molecule has 2 amide bonds. The lowest BCUT2D eigenvalue weighted by molar-refractivity contribution is -0.304. The third-order valence-corrected chi connectivity index (χ3v) is 7.16. The fourth-order valence-corrected chi connectivity index (χ4v) is 4.64. The van der Waals surface area contributed by atoms with Crippen molar-refractivity contribution in [2.75, 3.05) is 26.3 Å². The minimum absolute atomic E-state index is 0.0245. The SMILES string of the molecule is CCCCCCCCCCC(C(=O)NCCCOC(=O)CCNC(=O)C1OC(C)(C)OCC1(C)C)C(C)C. The number of esters is 1. The maximum Gasteiger partial charge on any atom is 0.307 e. The predicted molar refractivity (Wildman–Crippen MR) is 150 cm³/mol. The van der Waals surface area contributed by atoms with E-state index in [1.807, 2.05) is 13.8 Å². The quantitative estimate of drug-likeness (QED) is 0.165. The smallest absolute Gasteiger partial charge is 0.307 e. The van der Waals surface area contributed by atoms with E-state index in [9.17, 15) is 14.4 Å². The van der Waals surface area contributed by atoms with Crippen molar-refractivity contribution in [1.82, 2.24) is 10.6 Å². The van der Waals surface area contributed by atoms with Crippen molar-refractivity contribution in [3.05, 3.63) is 0 Å². The average Bonchev–Trinajstić information content (AvgIpc) is 2.84. The van der Waals surface area contributed by atoms with Gasteiger partial charge in [-0.1, -0.05) is 86.0 Å². The normalized spacial score (nSPS) is 19.1. The van der Waals surface area contributed by atoms with Crippen LogP contribution in [0.25, 0.3) is 0 Å². The van der Waals surface area contributed by atoms with Crippen molar-refractivity contribution in [3.63, 3.8) is 0 Å². The Morgan fingerprint density at radius 3 is 2.16 bits per heavy atom. The van der Waals surface area contributed by atoms with E-state index in [0.29, 0.717) is 25.5 Å². The Hall–Kier alpha value is -1.67. The Labute approximate surface area is 231 Å². The van der Waals surface area contributed by atoms with Crippen LogP contribution >= 0.6 is 0 Å². The fourth-order valence-electron chi connectivity index (χ4n) is 4.64. The number of ether oxygens (including phenoxy) is 3. The van der Waals surface area contributed by atoms with Gasteiger partial charge in [0, 0.05) is 24.4 Å². The zero-order valence-electron chi connectivity index (χ0n) is 25.3. The van der Waals surface area contributed by atoms with Crippen molar-refractivity contribution < 1.29 is 28.6 Å². The molecule has 38 heavy (non-hydrogen) atoms. The topological polar surface area (TPSA) is 103 Å². The van der Waals surface area contributed by atoms with Crippen LogP contribution in [-0.4, -0.2) is 56.0 Å². The molecule has 0 bridgehead atoms. The summed E-state index contributed by atoms with van der Waals surface area (Å²) < 4.78 is 16.7. The molecule has 0 aliphatic carbocycles. The standard InChI is InChI=1S/C30H56N2O6/c1-8-9-10-11-12-13-14-15-17-24(23(2)3)27(34)31-19-16-21-36-25(33)18-20-32-28(35)26-29(4,5)22-37-30(6,7)38-26/h23-24,26H,8-22H2,1-7H3,(H,31,34)(H,32,35). The molecule has 2 unspecified atom stereocenters. The van der Waals surface area contributed by atoms with Gasteiger partial charge in [-0.15, -0.1) is 0 Å². The number of rotatable bonds is 19. The molecule has 0 aromatic rings. The van der Waals surface area contributed by atoms with Gasteiger partial charge < -0.3 is 24.8 Å². The van der Waals surface area contributed by atoms with Gasteiger partial charge in [-0.2, -0.15) is 0 Å². The first-order chi connectivity index (χ1) is 17.9. The summed E-state index contributed by atoms with van der Waals surface area (Å²) >= 11 is 0. The molecule has 1 fully saturated rings. The molecule has 1 saturated heterocycles. The number of carbonyl (C=O) groups excluding carboxylic acids is 3. The first-order valence-corrected chi connectivity index (χ1v) is 14.9. The van der Waals surface area contributed by atoms with Crippen LogP contribution in [0.1, 0.15) is 119 Å². The molecular formula is C30H56N2O6. The van der Waals surface area contributed by atoms with Crippen molar-refractivity contribution in [2.24, 2.45) is 17.3 Å². The van der Waals surface area contributed by atoms with E-state index in [1.54, 1.807) is 13.8 Å². The van der Waals surface area contributed by atoms with Gasteiger partial charge in [-0.25, -0.2) is 0 Å². The van der Waals surface area contributed by atoms with Crippen molar-refractivity contribution in [1.29, 1.82) is 0 Å². The van der Waals surface area contributed by atoms with Gasteiger partial charge in [0.05, 0.1) is 19.6 Å². The van der Waals surface area contributed by atoms with Gasteiger partial charge in [0.2, 0.25) is 11.8 Å². The lowest BCUT2D eigenvalue weighted by Gasteiger charge is -2.44. The van der Waals surface area contributed by atoms with Gasteiger partial charge in [-0.3, -0.25) is 14.4 Å². The molecule has 2 atom stereocenters. The second-order valence-electron chi connectivity index (χ2n) is 12.2. The van der Waals surface area contributed by atoms with E-state index >= 15 is 0 Å².